The highest BCUT2D eigenvalue weighted by molar-refractivity contribution is 6.30. The van der Waals surface area contributed by atoms with Crippen LogP contribution in [0.25, 0.3) is 11.4 Å². The summed E-state index contributed by atoms with van der Waals surface area (Å²) in [5.74, 6) is 2.17. The van der Waals surface area contributed by atoms with E-state index in [1.54, 1.807) is 0 Å². The van der Waals surface area contributed by atoms with Crippen molar-refractivity contribution in [2.75, 3.05) is 13.2 Å². The average Bonchev–Trinajstić information content (AvgIpc) is 2.96. The first-order chi connectivity index (χ1) is 9.81. The van der Waals surface area contributed by atoms with Crippen LogP contribution >= 0.6 is 11.6 Å². The van der Waals surface area contributed by atoms with Crippen LogP contribution < -0.4 is 9.47 Å². The van der Waals surface area contributed by atoms with Crippen molar-refractivity contribution in [3.63, 3.8) is 0 Å². The second-order valence-electron chi connectivity index (χ2n) is 4.98. The molecule has 1 aromatic heterocycles. The quantitative estimate of drug-likeness (QED) is 0.757. The van der Waals surface area contributed by atoms with E-state index in [9.17, 15) is 0 Å². The number of aryl methyl sites for hydroxylation is 1. The fraction of sp³-hybridized carbons (Fsp3) is 0.333. The van der Waals surface area contributed by atoms with Gasteiger partial charge in [0.2, 0.25) is 0 Å². The molecule has 1 aromatic carbocycles. The number of hydrogen-bond donors (Lipinski definition) is 0. The zero-order valence-corrected chi connectivity index (χ0v) is 11.6. The number of benzene rings is 1. The second kappa shape index (κ2) is 4.63. The van der Waals surface area contributed by atoms with Gasteiger partial charge in [0.25, 0.3) is 0 Å². The third-order valence-electron chi connectivity index (χ3n) is 3.68. The minimum Gasteiger partial charge on any atom is -0.486 e. The van der Waals surface area contributed by atoms with Gasteiger partial charge in [0.1, 0.15) is 18.4 Å². The van der Waals surface area contributed by atoms with Crippen molar-refractivity contribution >= 4 is 11.6 Å². The van der Waals surface area contributed by atoms with Crippen molar-refractivity contribution in [1.82, 2.24) is 9.97 Å². The van der Waals surface area contributed by atoms with Crippen LogP contribution in [0.15, 0.2) is 18.2 Å². The highest BCUT2D eigenvalue weighted by Crippen LogP contribution is 2.35. The number of ether oxygens (including phenoxy) is 2. The van der Waals surface area contributed by atoms with Crippen LogP contribution in [0.2, 0.25) is 5.15 Å². The summed E-state index contributed by atoms with van der Waals surface area (Å²) in [5.41, 5.74) is 3.09. The average molecular weight is 289 g/mol. The monoisotopic (exact) mass is 288 g/mol. The highest BCUT2D eigenvalue weighted by atomic mass is 35.5. The Bertz CT molecular complexity index is 688. The molecule has 2 aliphatic rings. The van der Waals surface area contributed by atoms with Gasteiger partial charge in [-0.25, -0.2) is 9.97 Å². The summed E-state index contributed by atoms with van der Waals surface area (Å²) in [5, 5.41) is 0.581. The third kappa shape index (κ3) is 1.91. The highest BCUT2D eigenvalue weighted by Gasteiger charge is 2.20. The van der Waals surface area contributed by atoms with Crippen LogP contribution in [0.3, 0.4) is 0 Å². The minimum atomic E-state index is 0.572. The van der Waals surface area contributed by atoms with Crippen molar-refractivity contribution in [3.05, 3.63) is 34.6 Å². The molecule has 1 aliphatic heterocycles. The van der Waals surface area contributed by atoms with Gasteiger partial charge >= 0.3 is 0 Å². The van der Waals surface area contributed by atoms with E-state index in [2.05, 4.69) is 9.97 Å². The third-order valence-corrected chi connectivity index (χ3v) is 4.00. The molecule has 2 heterocycles. The number of hydrogen-bond acceptors (Lipinski definition) is 4. The van der Waals surface area contributed by atoms with E-state index in [-0.39, 0.29) is 0 Å². The van der Waals surface area contributed by atoms with Crippen molar-refractivity contribution in [2.45, 2.75) is 19.3 Å². The van der Waals surface area contributed by atoms with E-state index in [0.29, 0.717) is 24.2 Å². The molecule has 2 aromatic rings. The standard InChI is InChI=1S/C15H13ClN2O2/c16-14-10-2-1-3-11(10)17-15(18-14)9-4-5-12-13(8-9)20-7-6-19-12/h4-5,8H,1-3,6-7H2. The first-order valence-corrected chi connectivity index (χ1v) is 7.14. The molecule has 0 spiro atoms. The molecule has 20 heavy (non-hydrogen) atoms. The normalized spacial score (nSPS) is 16.1. The van der Waals surface area contributed by atoms with Crippen molar-refractivity contribution in [2.24, 2.45) is 0 Å². The Balaban J connectivity index is 1.79. The number of halogens is 1. The molecule has 0 N–H and O–H groups in total. The van der Waals surface area contributed by atoms with Crippen LogP contribution in [-0.4, -0.2) is 23.2 Å². The summed E-state index contributed by atoms with van der Waals surface area (Å²) in [6.45, 7) is 1.16. The van der Waals surface area contributed by atoms with Gasteiger partial charge in [-0.15, -0.1) is 0 Å². The lowest BCUT2D eigenvalue weighted by Crippen LogP contribution is -2.15. The van der Waals surface area contributed by atoms with E-state index in [4.69, 9.17) is 21.1 Å². The first-order valence-electron chi connectivity index (χ1n) is 6.76. The molecule has 0 amide bonds. The summed E-state index contributed by atoms with van der Waals surface area (Å²) >= 11 is 6.26. The van der Waals surface area contributed by atoms with Crippen molar-refractivity contribution in [1.29, 1.82) is 0 Å². The van der Waals surface area contributed by atoms with Gasteiger partial charge < -0.3 is 9.47 Å². The molecule has 0 unspecified atom stereocenters. The van der Waals surface area contributed by atoms with Gasteiger partial charge in [0.05, 0.1) is 0 Å². The molecule has 4 rings (SSSR count). The fourth-order valence-electron chi connectivity index (χ4n) is 2.70. The minimum absolute atomic E-state index is 0.572. The summed E-state index contributed by atoms with van der Waals surface area (Å²) in [6, 6.07) is 5.76. The maximum Gasteiger partial charge on any atom is 0.162 e. The molecule has 0 atom stereocenters. The Hall–Kier alpha value is -1.81. The Morgan fingerprint density at radius 2 is 1.85 bits per heavy atom. The largest absolute Gasteiger partial charge is 0.486 e. The molecule has 1 aliphatic carbocycles. The van der Waals surface area contributed by atoms with Gasteiger partial charge in [-0.3, -0.25) is 0 Å². The second-order valence-corrected chi connectivity index (χ2v) is 5.33. The van der Waals surface area contributed by atoms with E-state index in [0.717, 1.165) is 47.6 Å². The number of aromatic nitrogens is 2. The first kappa shape index (κ1) is 12.0. The molecule has 0 bridgehead atoms. The number of rotatable bonds is 1. The van der Waals surface area contributed by atoms with Gasteiger partial charge in [-0.1, -0.05) is 11.6 Å². The molecular formula is C15H13ClN2O2. The van der Waals surface area contributed by atoms with Crippen LogP contribution in [0, 0.1) is 0 Å². The summed E-state index contributed by atoms with van der Waals surface area (Å²) < 4.78 is 11.1. The van der Waals surface area contributed by atoms with Gasteiger partial charge in [0, 0.05) is 16.8 Å². The number of nitrogens with zero attached hydrogens (tertiary/aromatic N) is 2. The summed E-state index contributed by atoms with van der Waals surface area (Å²) in [7, 11) is 0. The van der Waals surface area contributed by atoms with E-state index in [1.165, 1.54) is 0 Å². The molecule has 0 fully saturated rings. The lowest BCUT2D eigenvalue weighted by atomic mass is 10.1. The summed E-state index contributed by atoms with van der Waals surface area (Å²) in [6.07, 6.45) is 3.07. The SMILES string of the molecule is Clc1nc(-c2ccc3c(c2)OCCO3)nc2c1CCC2. The smallest absolute Gasteiger partial charge is 0.162 e. The van der Waals surface area contributed by atoms with Gasteiger partial charge in [0.15, 0.2) is 17.3 Å². The van der Waals surface area contributed by atoms with E-state index < -0.39 is 0 Å². The van der Waals surface area contributed by atoms with Crippen molar-refractivity contribution in [3.8, 4) is 22.9 Å². The molecule has 0 radical (unpaired) electrons. The van der Waals surface area contributed by atoms with Crippen LogP contribution in [0.5, 0.6) is 11.5 Å². The molecular weight excluding hydrogens is 276 g/mol. The van der Waals surface area contributed by atoms with E-state index in [1.807, 2.05) is 18.2 Å². The molecule has 0 saturated carbocycles. The Labute approximate surface area is 121 Å². The molecule has 0 saturated heterocycles. The van der Waals surface area contributed by atoms with Crippen LogP contribution in [0.4, 0.5) is 0 Å². The lowest BCUT2D eigenvalue weighted by molar-refractivity contribution is 0.171. The number of fused-ring (bicyclic) bond motifs is 2. The maximum atomic E-state index is 6.26. The van der Waals surface area contributed by atoms with Crippen LogP contribution in [0.1, 0.15) is 17.7 Å². The Morgan fingerprint density at radius 3 is 2.75 bits per heavy atom. The zero-order chi connectivity index (χ0) is 13.5. The summed E-state index contributed by atoms with van der Waals surface area (Å²) in [4.78, 5) is 9.06. The molecule has 4 nitrogen and oxygen atoms in total. The van der Waals surface area contributed by atoms with E-state index >= 15 is 0 Å². The predicted molar refractivity (Wildman–Crippen MR) is 75.5 cm³/mol. The van der Waals surface area contributed by atoms with Gasteiger partial charge in [-0.2, -0.15) is 0 Å². The van der Waals surface area contributed by atoms with Gasteiger partial charge in [-0.05, 0) is 37.5 Å². The fourth-order valence-corrected chi connectivity index (χ4v) is 2.98. The maximum absolute atomic E-state index is 6.26. The molecule has 102 valence electrons. The van der Waals surface area contributed by atoms with Crippen molar-refractivity contribution < 1.29 is 9.47 Å². The zero-order valence-electron chi connectivity index (χ0n) is 10.9. The predicted octanol–water partition coefficient (Wildman–Crippen LogP) is 3.06. The topological polar surface area (TPSA) is 44.2 Å². The molecule has 5 heteroatoms. The van der Waals surface area contributed by atoms with Crippen LogP contribution in [-0.2, 0) is 12.8 Å². The Morgan fingerprint density at radius 1 is 1.00 bits per heavy atom. The lowest BCUT2D eigenvalue weighted by Gasteiger charge is -2.18. The Kier molecular flexibility index (Phi) is 2.77.